The highest BCUT2D eigenvalue weighted by Gasteiger charge is 2.56. The van der Waals surface area contributed by atoms with Crippen molar-refractivity contribution < 1.29 is 24.1 Å². The number of carboxylic acid groups (broad SMARTS) is 1. The van der Waals surface area contributed by atoms with Crippen LogP contribution >= 0.6 is 7.37 Å². The summed E-state index contributed by atoms with van der Waals surface area (Å²) >= 11 is 0. The van der Waals surface area contributed by atoms with Crippen molar-refractivity contribution >= 4 is 13.3 Å². The van der Waals surface area contributed by atoms with Gasteiger partial charge in [0.2, 0.25) is 7.37 Å². The maximum atomic E-state index is 13.0. The van der Waals surface area contributed by atoms with E-state index < -0.39 is 18.5 Å². The van der Waals surface area contributed by atoms with Crippen LogP contribution in [-0.2, 0) is 19.3 Å². The van der Waals surface area contributed by atoms with E-state index in [0.29, 0.717) is 18.6 Å². The number of rotatable bonds is 7. The highest BCUT2D eigenvalue weighted by Crippen LogP contribution is 2.63. The maximum absolute atomic E-state index is 13.0. The first-order valence-corrected chi connectivity index (χ1v) is 9.51. The summed E-state index contributed by atoms with van der Waals surface area (Å²) in [5.74, 6) is -1.24. The van der Waals surface area contributed by atoms with Crippen molar-refractivity contribution in [2.24, 2.45) is 0 Å². The Morgan fingerprint density at radius 1 is 1.41 bits per heavy atom. The Hall–Kier alpha value is -1.16. The molecule has 1 fully saturated rings. The summed E-state index contributed by atoms with van der Waals surface area (Å²) in [6.45, 7) is 2.37. The van der Waals surface area contributed by atoms with Crippen LogP contribution in [-0.4, -0.2) is 34.8 Å². The Balaban J connectivity index is 2.53. The Morgan fingerprint density at radius 3 is 2.59 bits per heavy atom. The molecule has 0 radical (unpaired) electrons. The smallest absolute Gasteiger partial charge is 0.324 e. The van der Waals surface area contributed by atoms with Crippen LogP contribution in [0.3, 0.4) is 0 Å². The molecule has 1 aromatic rings. The molecule has 0 bridgehead atoms. The van der Waals surface area contributed by atoms with Crippen LogP contribution in [0.1, 0.15) is 38.2 Å². The lowest BCUT2D eigenvalue weighted by molar-refractivity contribution is -0.141. The summed E-state index contributed by atoms with van der Waals surface area (Å²) in [6, 6.07) is 8.43. The molecule has 0 amide bonds. The molecule has 122 valence electrons. The molecule has 0 saturated carbocycles. The molecule has 1 saturated heterocycles. The van der Waals surface area contributed by atoms with Gasteiger partial charge in [0.15, 0.2) is 5.16 Å². The molecule has 1 aliphatic rings. The van der Waals surface area contributed by atoms with Gasteiger partial charge in [-0.05, 0) is 24.8 Å². The van der Waals surface area contributed by atoms with E-state index in [1.165, 1.54) is 0 Å². The minimum Gasteiger partial charge on any atom is -0.480 e. The second-order valence-electron chi connectivity index (χ2n) is 5.80. The number of ether oxygens (including phenoxy) is 1. The van der Waals surface area contributed by atoms with Crippen LogP contribution in [0.2, 0.25) is 0 Å². The minimum atomic E-state index is -3.94. The molecule has 6 heteroatoms. The van der Waals surface area contributed by atoms with Crippen LogP contribution in [0, 0.1) is 0 Å². The molecule has 2 rings (SSSR count). The van der Waals surface area contributed by atoms with Crippen molar-refractivity contribution in [2.75, 3.05) is 12.8 Å². The first-order valence-electron chi connectivity index (χ1n) is 7.66. The van der Waals surface area contributed by atoms with E-state index in [-0.39, 0.29) is 18.7 Å². The van der Waals surface area contributed by atoms with E-state index in [1.807, 2.05) is 0 Å². The van der Waals surface area contributed by atoms with Crippen molar-refractivity contribution in [3.63, 3.8) is 0 Å². The summed E-state index contributed by atoms with van der Waals surface area (Å²) in [7, 11) is -3.94. The van der Waals surface area contributed by atoms with Gasteiger partial charge in [-0.15, -0.1) is 0 Å². The average Bonchev–Trinajstić information content (AvgIpc) is 2.98. The molecule has 2 N–H and O–H groups in total. The number of aliphatic carboxylic acids is 1. The molecule has 1 heterocycles. The summed E-state index contributed by atoms with van der Waals surface area (Å²) in [5.41, 5.74) is 0.386. The molecule has 1 aromatic carbocycles. The standard InChI is InChI=1S/C16H23O5P/c1-2-11-22(19,20)16(15(17)18,12-14-9-6-10-21-14)13-7-4-3-5-8-13/h3-5,7-8,14H,2,6,9-12H2,1H3,(H,17,18)(H,19,20). The molecule has 22 heavy (non-hydrogen) atoms. The zero-order valence-electron chi connectivity index (χ0n) is 12.8. The largest absolute Gasteiger partial charge is 0.480 e. The molecule has 0 aromatic heterocycles. The van der Waals surface area contributed by atoms with Gasteiger partial charge in [-0.1, -0.05) is 37.3 Å². The number of hydrogen-bond donors (Lipinski definition) is 2. The van der Waals surface area contributed by atoms with Gasteiger partial charge in [-0.25, -0.2) is 0 Å². The molecule has 0 aliphatic carbocycles. The molecule has 0 spiro atoms. The molecule has 5 nitrogen and oxygen atoms in total. The van der Waals surface area contributed by atoms with Gasteiger partial charge in [0.25, 0.3) is 0 Å². The summed E-state index contributed by atoms with van der Waals surface area (Å²) < 4.78 is 18.5. The summed E-state index contributed by atoms with van der Waals surface area (Å²) in [4.78, 5) is 22.8. The minimum absolute atomic E-state index is 0.0130. The van der Waals surface area contributed by atoms with Gasteiger partial charge < -0.3 is 14.7 Å². The quantitative estimate of drug-likeness (QED) is 0.752. The van der Waals surface area contributed by atoms with Gasteiger partial charge in [0, 0.05) is 19.2 Å². The lowest BCUT2D eigenvalue weighted by atomic mass is 9.91. The molecular weight excluding hydrogens is 303 g/mol. The second-order valence-corrected chi connectivity index (χ2v) is 8.41. The van der Waals surface area contributed by atoms with E-state index in [0.717, 1.165) is 12.8 Å². The number of hydrogen-bond acceptors (Lipinski definition) is 3. The highest BCUT2D eigenvalue weighted by atomic mass is 31.2. The third kappa shape index (κ3) is 3.12. The average molecular weight is 326 g/mol. The van der Waals surface area contributed by atoms with Crippen LogP contribution in [0.4, 0.5) is 0 Å². The fourth-order valence-electron chi connectivity index (χ4n) is 3.17. The normalized spacial score (nSPS) is 23.6. The van der Waals surface area contributed by atoms with Crippen LogP contribution in [0.25, 0.3) is 0 Å². The fraction of sp³-hybridized carbons (Fsp3) is 0.562. The van der Waals surface area contributed by atoms with E-state index in [2.05, 4.69) is 0 Å². The van der Waals surface area contributed by atoms with E-state index >= 15 is 0 Å². The summed E-state index contributed by atoms with van der Waals surface area (Å²) in [5, 5.41) is 8.12. The van der Waals surface area contributed by atoms with E-state index in [1.54, 1.807) is 37.3 Å². The summed E-state index contributed by atoms with van der Waals surface area (Å²) in [6.07, 6.45) is 1.79. The zero-order chi connectivity index (χ0) is 16.2. The van der Waals surface area contributed by atoms with Gasteiger partial charge in [-0.3, -0.25) is 9.36 Å². The number of carboxylic acids is 1. The third-order valence-corrected chi connectivity index (χ3v) is 7.15. The first kappa shape index (κ1) is 17.2. The SMILES string of the molecule is CCCP(=O)(O)C(CC1CCCO1)(C(=O)O)c1ccccc1. The predicted octanol–water partition coefficient (Wildman–Crippen LogP) is 3.22. The van der Waals surface area contributed by atoms with Gasteiger partial charge in [0.05, 0.1) is 6.10 Å². The van der Waals surface area contributed by atoms with Crippen LogP contribution < -0.4 is 0 Å². The molecule has 3 atom stereocenters. The first-order chi connectivity index (χ1) is 10.4. The van der Waals surface area contributed by atoms with Crippen LogP contribution in [0.15, 0.2) is 30.3 Å². The second kappa shape index (κ2) is 6.95. The lowest BCUT2D eigenvalue weighted by Crippen LogP contribution is -2.39. The van der Waals surface area contributed by atoms with Crippen molar-refractivity contribution in [2.45, 2.75) is 43.9 Å². The van der Waals surface area contributed by atoms with Crippen molar-refractivity contribution in [1.82, 2.24) is 0 Å². The third-order valence-electron chi connectivity index (χ3n) is 4.28. The van der Waals surface area contributed by atoms with E-state index in [9.17, 15) is 19.4 Å². The monoisotopic (exact) mass is 326 g/mol. The van der Waals surface area contributed by atoms with Crippen LogP contribution in [0.5, 0.6) is 0 Å². The fourth-order valence-corrected chi connectivity index (χ4v) is 5.49. The Morgan fingerprint density at radius 2 is 2.09 bits per heavy atom. The van der Waals surface area contributed by atoms with Crippen molar-refractivity contribution in [3.8, 4) is 0 Å². The topological polar surface area (TPSA) is 83.8 Å². The zero-order valence-corrected chi connectivity index (χ0v) is 13.7. The molecule has 1 aliphatic heterocycles. The highest BCUT2D eigenvalue weighted by molar-refractivity contribution is 7.60. The van der Waals surface area contributed by atoms with Crippen molar-refractivity contribution in [3.05, 3.63) is 35.9 Å². The van der Waals surface area contributed by atoms with E-state index in [4.69, 9.17) is 4.74 Å². The number of carbonyl (C=O) groups is 1. The van der Waals surface area contributed by atoms with Gasteiger partial charge in [0.1, 0.15) is 0 Å². The Kier molecular flexibility index (Phi) is 5.43. The predicted molar refractivity (Wildman–Crippen MR) is 84.3 cm³/mol. The van der Waals surface area contributed by atoms with Crippen molar-refractivity contribution in [1.29, 1.82) is 0 Å². The molecular formula is C16H23O5P. The lowest BCUT2D eigenvalue weighted by Gasteiger charge is -2.35. The number of benzene rings is 1. The maximum Gasteiger partial charge on any atom is 0.324 e. The van der Waals surface area contributed by atoms with Gasteiger partial charge >= 0.3 is 5.97 Å². The van der Waals surface area contributed by atoms with Gasteiger partial charge in [-0.2, -0.15) is 0 Å². The Labute approximate surface area is 130 Å². The Bertz CT molecular complexity index is 553. The molecule has 3 unspecified atom stereocenters.